The van der Waals surface area contributed by atoms with Crippen LogP contribution in [0.5, 0.6) is 0 Å². The molecule has 7 aliphatic heterocycles. The maximum Gasteiger partial charge on any atom is 0.490 e. The number of aliphatic imine (C=N–C) groups is 2. The second-order valence-electron chi connectivity index (χ2n) is 15.7. The van der Waals surface area contributed by atoms with E-state index in [0.29, 0.717) is 63.6 Å². The maximum atomic E-state index is 14.2. The van der Waals surface area contributed by atoms with Gasteiger partial charge >= 0.3 is 12.1 Å². The van der Waals surface area contributed by atoms with Crippen molar-refractivity contribution in [3.05, 3.63) is 34.7 Å². The van der Waals surface area contributed by atoms with Crippen LogP contribution in [0.2, 0.25) is 0 Å². The van der Waals surface area contributed by atoms with Crippen LogP contribution in [-0.2, 0) is 14.4 Å². The highest BCUT2D eigenvalue weighted by atomic mass is 35.5. The molecule has 8 heterocycles. The molecular formula is C34H56Cl2F3N23O4. The molecule has 32 heteroatoms. The van der Waals surface area contributed by atoms with Crippen LogP contribution >= 0.6 is 23.2 Å². The average molecular weight is 979 g/mol. The predicted molar refractivity (Wildman–Crippen MR) is 233 cm³/mol. The number of piperidine rings is 2. The third kappa shape index (κ3) is 11.9. The number of primary amides is 1. The first-order chi connectivity index (χ1) is 31.4. The van der Waals surface area contributed by atoms with Gasteiger partial charge in [0.05, 0.1) is 13.3 Å². The van der Waals surface area contributed by atoms with E-state index >= 15 is 0 Å². The standard InChI is InChI=1S/C32H55Cl2N23O2.C2HF3O2/c1-39-49-42-16-53-17-43-50-41-15-40-30-23(34)57(21(31(53)59)25(36)45-30)55-9-5-19(6-10-55)29-46-28(47-32(48-29)52-13-11-51(2)12-14-52)18-3-7-54(8-4-18)56-20(27(38)58)24(35)44-26(37)22(56)33;3-2(4,5)1(6)7/h18-19,22-23,39,41-43,49-50H,3-17,35-36H2,1-2H3,(H2,37,44)(H2,38,58)(H,40,45);(H,6,7). The fourth-order valence-corrected chi connectivity index (χ4v) is 8.49. The molecule has 3 fully saturated rings. The first-order valence-electron chi connectivity index (χ1n) is 20.8. The van der Waals surface area contributed by atoms with Gasteiger partial charge in [-0.3, -0.25) is 24.6 Å². The predicted octanol–water partition coefficient (Wildman–Crippen LogP) is -4.17. The van der Waals surface area contributed by atoms with Crippen LogP contribution in [0, 0.1) is 0 Å². The largest absolute Gasteiger partial charge is 0.490 e. The molecule has 0 aromatic carbocycles. The van der Waals surface area contributed by atoms with Gasteiger partial charge in [0, 0.05) is 64.2 Å². The van der Waals surface area contributed by atoms with Crippen LogP contribution < -0.4 is 65.9 Å². The van der Waals surface area contributed by atoms with Gasteiger partial charge in [0.25, 0.3) is 11.8 Å². The Bertz CT molecular complexity index is 2040. The van der Waals surface area contributed by atoms with Crippen LogP contribution in [-0.4, -0.2) is 183 Å². The minimum absolute atomic E-state index is 0.00172. The number of aliphatic carboxylic acids is 1. The van der Waals surface area contributed by atoms with Gasteiger partial charge in [-0.25, -0.2) is 46.5 Å². The molecule has 2 amide bonds. The number of alkyl halides is 5. The molecule has 8 rings (SSSR count). The van der Waals surface area contributed by atoms with E-state index in [0.717, 1.165) is 37.8 Å². The summed E-state index contributed by atoms with van der Waals surface area (Å²) in [5.74, 6) is -1.18. The van der Waals surface area contributed by atoms with E-state index in [4.69, 9.17) is 71.0 Å². The highest BCUT2D eigenvalue weighted by Gasteiger charge is 2.43. The van der Waals surface area contributed by atoms with Crippen LogP contribution in [0.1, 0.15) is 49.2 Å². The van der Waals surface area contributed by atoms with Gasteiger partial charge in [0.2, 0.25) is 5.95 Å². The van der Waals surface area contributed by atoms with E-state index in [1.165, 1.54) is 4.90 Å². The summed E-state index contributed by atoms with van der Waals surface area (Å²) in [6.07, 6.45) is -2.40. The fraction of sp³-hybridized carbons (Fsp3) is 0.647. The number of anilines is 1. The second kappa shape index (κ2) is 22.1. The minimum atomic E-state index is -5.08. The quantitative estimate of drug-likeness (QED) is 0.0458. The average Bonchev–Trinajstić information content (AvgIpc) is 3.28. The lowest BCUT2D eigenvalue weighted by molar-refractivity contribution is -0.192. The van der Waals surface area contributed by atoms with Crippen LogP contribution in [0.15, 0.2) is 33.0 Å². The minimum Gasteiger partial charge on any atom is -0.475 e. The lowest BCUT2D eigenvalue weighted by Gasteiger charge is -2.46. The highest BCUT2D eigenvalue weighted by Crippen LogP contribution is 2.35. The number of fused-ring (bicyclic) bond motifs is 9. The van der Waals surface area contributed by atoms with Crippen LogP contribution in [0.3, 0.4) is 0 Å². The van der Waals surface area contributed by atoms with E-state index in [2.05, 4.69) is 69.9 Å². The zero-order chi connectivity index (χ0) is 47.9. The van der Waals surface area contributed by atoms with Crippen molar-refractivity contribution in [3.8, 4) is 0 Å². The molecule has 27 nitrogen and oxygen atoms in total. The number of amides is 2. The number of hydrogen-bond acceptors (Lipinski definition) is 24. The van der Waals surface area contributed by atoms with Gasteiger partial charge in [-0.2, -0.15) is 34.2 Å². The smallest absolute Gasteiger partial charge is 0.475 e. The molecule has 2 unspecified atom stereocenters. The Morgan fingerprint density at radius 3 is 2.00 bits per heavy atom. The van der Waals surface area contributed by atoms with E-state index in [9.17, 15) is 22.8 Å². The molecule has 1 aromatic heterocycles. The number of piperazine rings is 1. The van der Waals surface area contributed by atoms with E-state index < -0.39 is 29.1 Å². The molecule has 2 atom stereocenters. The molecule has 0 spiro atoms. The lowest BCUT2D eigenvalue weighted by atomic mass is 9.94. The number of nitrogens with zero attached hydrogens (tertiary/aromatic N) is 12. The number of carbonyl (C=O) groups is 3. The van der Waals surface area contributed by atoms with Crippen molar-refractivity contribution in [1.29, 1.82) is 0 Å². The molecule has 16 N–H and O–H groups in total. The lowest BCUT2D eigenvalue weighted by Crippen LogP contribution is -2.63. The number of likely N-dealkylation sites (N-methyl/N-ethyl adjacent to an activating group) is 1. The van der Waals surface area contributed by atoms with Gasteiger partial charge < -0.3 is 48.1 Å². The number of aromatic nitrogens is 3. The van der Waals surface area contributed by atoms with Crippen molar-refractivity contribution in [2.45, 2.75) is 54.7 Å². The number of carbonyl (C=O) groups excluding carboxylic acids is 2. The summed E-state index contributed by atoms with van der Waals surface area (Å²) in [5.41, 5.74) is 40.2. The number of carboxylic acid groups (broad SMARTS) is 1. The van der Waals surface area contributed by atoms with Crippen molar-refractivity contribution in [2.24, 2.45) is 32.9 Å². The number of rotatable bonds is 10. The first-order valence-corrected chi connectivity index (χ1v) is 21.7. The summed E-state index contributed by atoms with van der Waals surface area (Å²) in [6.45, 7) is 5.90. The summed E-state index contributed by atoms with van der Waals surface area (Å²) in [6, 6.07) is 0. The summed E-state index contributed by atoms with van der Waals surface area (Å²) in [4.78, 5) is 65.5. The molecular weight excluding hydrogens is 922 g/mol. The Labute approximate surface area is 387 Å². The monoisotopic (exact) mass is 977 g/mol. The molecule has 0 saturated carbocycles. The summed E-state index contributed by atoms with van der Waals surface area (Å²) < 4.78 is 31.7. The Morgan fingerprint density at radius 1 is 0.879 bits per heavy atom. The SMILES string of the molecule is CNNNCN1CNNNCN=C2NC(N)=C(C1=O)N(N1CCC(c3nc(C4CCN(N5C(C(N)=O)=C(N)N=C(N)C5Cl)CC4)nc(N4CCN(C)CC4)n3)CC1)C2Cl.O=C(O)C(F)(F)F. The molecule has 3 saturated heterocycles. The van der Waals surface area contributed by atoms with Gasteiger partial charge in [0.1, 0.15) is 35.8 Å². The Hall–Kier alpha value is -5.15. The number of carboxylic acids is 1. The van der Waals surface area contributed by atoms with Crippen molar-refractivity contribution >= 4 is 58.6 Å². The highest BCUT2D eigenvalue weighted by molar-refractivity contribution is 6.32. The van der Waals surface area contributed by atoms with E-state index in [-0.39, 0.29) is 66.6 Å². The van der Waals surface area contributed by atoms with Crippen LogP contribution in [0.25, 0.3) is 0 Å². The molecule has 366 valence electrons. The number of nitrogens with one attached hydrogen (secondary N) is 7. The van der Waals surface area contributed by atoms with Crippen LogP contribution in [0.4, 0.5) is 19.1 Å². The maximum absolute atomic E-state index is 14.2. The molecule has 0 aliphatic carbocycles. The summed E-state index contributed by atoms with van der Waals surface area (Å²) in [7, 11) is 3.82. The molecule has 66 heavy (non-hydrogen) atoms. The summed E-state index contributed by atoms with van der Waals surface area (Å²) >= 11 is 13.8. The van der Waals surface area contributed by atoms with E-state index in [1.807, 2.05) is 5.01 Å². The Kier molecular flexibility index (Phi) is 16.8. The normalized spacial score (nSPS) is 24.0. The topological polar surface area (TPSA) is 346 Å². The molecule has 2 bridgehead atoms. The van der Waals surface area contributed by atoms with Crippen molar-refractivity contribution in [1.82, 2.24) is 82.9 Å². The molecule has 0 radical (unpaired) electrons. The fourth-order valence-electron chi connectivity index (χ4n) is 7.87. The van der Waals surface area contributed by atoms with Gasteiger partial charge in [-0.05, 0) is 39.8 Å². The van der Waals surface area contributed by atoms with Gasteiger partial charge in [-0.15, -0.1) is 0 Å². The molecule has 1 aromatic rings. The Morgan fingerprint density at radius 2 is 1.45 bits per heavy atom. The molecule has 7 aliphatic rings. The second-order valence-corrected chi connectivity index (χ2v) is 16.5. The number of nitrogens with two attached hydrogens (primary N) is 4. The number of halogens is 5. The third-order valence-corrected chi connectivity index (χ3v) is 12.1. The number of amidine groups is 2. The first kappa shape index (κ1) is 50.3. The third-order valence-electron chi connectivity index (χ3n) is 11.3. The summed E-state index contributed by atoms with van der Waals surface area (Å²) in [5, 5.41) is 17.5. The van der Waals surface area contributed by atoms with E-state index in [1.54, 1.807) is 17.1 Å². The number of hydrazine groups is 6. The zero-order valence-electron chi connectivity index (χ0n) is 36.2. The van der Waals surface area contributed by atoms with Crippen molar-refractivity contribution < 1.29 is 32.7 Å². The number of hydrogen-bond donors (Lipinski definition) is 12. The van der Waals surface area contributed by atoms with Crippen molar-refractivity contribution in [2.75, 3.05) is 91.4 Å². The Balaban J connectivity index is 0.000000952. The van der Waals surface area contributed by atoms with Crippen molar-refractivity contribution in [3.63, 3.8) is 0 Å². The van der Waals surface area contributed by atoms with Gasteiger partial charge in [0.15, 0.2) is 28.2 Å². The van der Waals surface area contributed by atoms with Gasteiger partial charge in [-0.1, -0.05) is 23.2 Å². The zero-order valence-corrected chi connectivity index (χ0v) is 37.7.